The summed E-state index contributed by atoms with van der Waals surface area (Å²) in [5, 5.41) is 3.38. The zero-order chi connectivity index (χ0) is 27.4. The topological polar surface area (TPSA) is 82.9 Å². The van der Waals surface area contributed by atoms with Crippen LogP contribution in [-0.2, 0) is 14.8 Å². The summed E-state index contributed by atoms with van der Waals surface area (Å²) in [4.78, 5) is 15.1. The third kappa shape index (κ3) is 6.09. The molecular weight excluding hydrogens is 534 g/mol. The van der Waals surface area contributed by atoms with E-state index in [1.165, 1.54) is 10.4 Å². The summed E-state index contributed by atoms with van der Waals surface area (Å²) < 4.78 is 33.5. The number of aryl methyl sites for hydroxylation is 1. The first kappa shape index (κ1) is 26.7. The Kier molecular flexibility index (Phi) is 7.88. The second kappa shape index (κ2) is 11.5. The van der Waals surface area contributed by atoms with E-state index in [0.29, 0.717) is 48.3 Å². The second-order valence-corrected chi connectivity index (χ2v) is 11.6. The van der Waals surface area contributed by atoms with E-state index < -0.39 is 10.0 Å². The van der Waals surface area contributed by atoms with E-state index in [9.17, 15) is 13.2 Å². The van der Waals surface area contributed by atoms with E-state index >= 15 is 0 Å². The fourth-order valence-corrected chi connectivity index (χ4v) is 6.20. The van der Waals surface area contributed by atoms with Crippen LogP contribution in [-0.4, -0.2) is 44.8 Å². The Morgan fingerprint density at radius 3 is 2.33 bits per heavy atom. The number of hydrogen-bond donors (Lipinski definition) is 1. The number of carbonyl (C=O) groups excluding carboxylic acids is 1. The summed E-state index contributed by atoms with van der Waals surface area (Å²) in [5.41, 5.74) is 3.18. The molecule has 0 atom stereocenters. The van der Waals surface area contributed by atoms with Crippen molar-refractivity contribution in [1.29, 1.82) is 0 Å². The van der Waals surface area contributed by atoms with Crippen molar-refractivity contribution in [2.75, 3.05) is 36.4 Å². The largest absolute Gasteiger partial charge is 0.457 e. The number of hydrogen-bond acceptors (Lipinski definition) is 5. The Bertz CT molecular complexity index is 1590. The lowest BCUT2D eigenvalue weighted by atomic mass is 10.2. The maximum absolute atomic E-state index is 13.1. The molecule has 39 heavy (non-hydrogen) atoms. The number of halogens is 1. The fraction of sp³-hybridized carbons (Fsp3) is 0.167. The number of nitrogens with one attached hydrogen (secondary N) is 1. The van der Waals surface area contributed by atoms with Crippen molar-refractivity contribution in [3.05, 3.63) is 107 Å². The minimum Gasteiger partial charge on any atom is -0.457 e. The molecule has 0 radical (unpaired) electrons. The summed E-state index contributed by atoms with van der Waals surface area (Å²) in [6.07, 6.45) is 3.02. The van der Waals surface area contributed by atoms with E-state index in [1.54, 1.807) is 54.6 Å². The van der Waals surface area contributed by atoms with Crippen molar-refractivity contribution in [2.24, 2.45) is 0 Å². The van der Waals surface area contributed by atoms with Crippen molar-refractivity contribution in [3.8, 4) is 11.3 Å². The molecule has 9 heteroatoms. The predicted molar refractivity (Wildman–Crippen MR) is 155 cm³/mol. The van der Waals surface area contributed by atoms with Crippen LogP contribution in [0.5, 0.6) is 0 Å². The quantitative estimate of drug-likeness (QED) is 0.277. The normalized spacial score (nSPS) is 14.6. The Morgan fingerprint density at radius 2 is 1.62 bits per heavy atom. The van der Waals surface area contributed by atoms with Crippen LogP contribution in [0.1, 0.15) is 11.3 Å². The van der Waals surface area contributed by atoms with Gasteiger partial charge in [-0.2, -0.15) is 4.31 Å². The molecule has 1 fully saturated rings. The van der Waals surface area contributed by atoms with Gasteiger partial charge in [-0.3, -0.25) is 4.79 Å². The third-order valence-corrected chi connectivity index (χ3v) is 8.76. The molecule has 1 saturated heterocycles. The van der Waals surface area contributed by atoms with E-state index in [4.69, 9.17) is 16.0 Å². The van der Waals surface area contributed by atoms with Crippen LogP contribution >= 0.6 is 11.6 Å². The lowest BCUT2D eigenvalue weighted by molar-refractivity contribution is -0.111. The molecule has 4 aromatic rings. The van der Waals surface area contributed by atoms with Gasteiger partial charge in [0.1, 0.15) is 11.5 Å². The van der Waals surface area contributed by atoms with Crippen LogP contribution in [0.15, 0.2) is 100 Å². The molecule has 1 aliphatic rings. The number of benzene rings is 3. The van der Waals surface area contributed by atoms with Gasteiger partial charge in [-0.1, -0.05) is 65.7 Å². The average Bonchev–Trinajstić information content (AvgIpc) is 3.42. The zero-order valence-corrected chi connectivity index (χ0v) is 23.0. The Labute approximate surface area is 233 Å². The number of para-hydroxylation sites is 1. The van der Waals surface area contributed by atoms with Gasteiger partial charge in [0.25, 0.3) is 0 Å². The standard InChI is InChI=1S/C30H28ClN3O4S/c1-22-10-14-25(15-11-22)39(36,37)34-20-18-33(19-21-34)30-26(31)8-5-9-27(30)32-29(35)17-13-24-12-16-28(38-24)23-6-3-2-4-7-23/h2-17H,18-21H2,1H3,(H,32,35)/b17-13+. The number of sulfonamides is 1. The lowest BCUT2D eigenvalue weighted by Crippen LogP contribution is -2.49. The van der Waals surface area contributed by atoms with E-state index in [1.807, 2.05) is 48.2 Å². The van der Waals surface area contributed by atoms with Crippen molar-refractivity contribution < 1.29 is 17.6 Å². The molecule has 2 heterocycles. The number of amides is 1. The van der Waals surface area contributed by atoms with Gasteiger partial charge in [0.15, 0.2) is 0 Å². The van der Waals surface area contributed by atoms with Crippen molar-refractivity contribution in [2.45, 2.75) is 11.8 Å². The summed E-state index contributed by atoms with van der Waals surface area (Å²) in [6, 6.07) is 25.6. The molecule has 200 valence electrons. The smallest absolute Gasteiger partial charge is 0.248 e. The van der Waals surface area contributed by atoms with Crippen LogP contribution in [0.3, 0.4) is 0 Å². The minimum absolute atomic E-state index is 0.284. The molecule has 0 bridgehead atoms. The minimum atomic E-state index is -3.59. The van der Waals surface area contributed by atoms with Gasteiger partial charge in [-0.05, 0) is 49.4 Å². The number of carbonyl (C=O) groups is 1. The van der Waals surface area contributed by atoms with Gasteiger partial charge < -0.3 is 14.6 Å². The molecule has 0 saturated carbocycles. The van der Waals surface area contributed by atoms with Gasteiger partial charge in [-0.25, -0.2) is 8.42 Å². The predicted octanol–water partition coefficient (Wildman–Crippen LogP) is 6.07. The molecule has 1 amide bonds. The maximum Gasteiger partial charge on any atom is 0.248 e. The molecule has 1 aromatic heterocycles. The van der Waals surface area contributed by atoms with Gasteiger partial charge in [-0.15, -0.1) is 0 Å². The number of piperazine rings is 1. The fourth-order valence-electron chi connectivity index (χ4n) is 4.48. The highest BCUT2D eigenvalue weighted by Gasteiger charge is 2.30. The first-order valence-electron chi connectivity index (χ1n) is 12.6. The molecule has 3 aromatic carbocycles. The Hall–Kier alpha value is -3.85. The van der Waals surface area contributed by atoms with Crippen LogP contribution in [0.25, 0.3) is 17.4 Å². The van der Waals surface area contributed by atoms with Crippen molar-refractivity contribution >= 4 is 45.0 Å². The number of furan rings is 1. The van der Waals surface area contributed by atoms with Crippen LogP contribution < -0.4 is 10.2 Å². The first-order chi connectivity index (χ1) is 18.8. The van der Waals surface area contributed by atoms with Gasteiger partial charge >= 0.3 is 0 Å². The van der Waals surface area contributed by atoms with E-state index in [-0.39, 0.29) is 10.8 Å². The molecular formula is C30H28ClN3O4S. The van der Waals surface area contributed by atoms with Crippen LogP contribution in [0, 0.1) is 6.92 Å². The SMILES string of the molecule is Cc1ccc(S(=O)(=O)N2CCN(c3c(Cl)cccc3NC(=O)/C=C/c3ccc(-c4ccccc4)o3)CC2)cc1. The zero-order valence-electron chi connectivity index (χ0n) is 21.4. The maximum atomic E-state index is 13.1. The Morgan fingerprint density at radius 1 is 0.897 bits per heavy atom. The molecule has 0 spiro atoms. The van der Waals surface area contributed by atoms with E-state index in [2.05, 4.69) is 5.32 Å². The van der Waals surface area contributed by atoms with Crippen LogP contribution in [0.4, 0.5) is 11.4 Å². The summed E-state index contributed by atoms with van der Waals surface area (Å²) >= 11 is 6.56. The highest BCUT2D eigenvalue weighted by molar-refractivity contribution is 7.89. The summed E-state index contributed by atoms with van der Waals surface area (Å²) in [6.45, 7) is 3.39. The molecule has 0 unspecified atom stereocenters. The lowest BCUT2D eigenvalue weighted by Gasteiger charge is -2.36. The second-order valence-electron chi connectivity index (χ2n) is 9.23. The number of nitrogens with zero attached hydrogens (tertiary/aromatic N) is 2. The molecule has 1 N–H and O–H groups in total. The Balaban J connectivity index is 1.26. The molecule has 1 aliphatic heterocycles. The average molecular weight is 562 g/mol. The number of rotatable bonds is 7. The highest BCUT2D eigenvalue weighted by Crippen LogP contribution is 2.35. The van der Waals surface area contributed by atoms with Gasteiger partial charge in [0.2, 0.25) is 15.9 Å². The van der Waals surface area contributed by atoms with E-state index in [0.717, 1.165) is 16.9 Å². The van der Waals surface area contributed by atoms with Gasteiger partial charge in [0, 0.05) is 37.8 Å². The monoisotopic (exact) mass is 561 g/mol. The van der Waals surface area contributed by atoms with Crippen molar-refractivity contribution in [3.63, 3.8) is 0 Å². The molecule has 5 rings (SSSR count). The summed E-state index contributed by atoms with van der Waals surface area (Å²) in [5.74, 6) is 0.939. The molecule has 7 nitrogen and oxygen atoms in total. The van der Waals surface area contributed by atoms with Crippen LogP contribution in [0.2, 0.25) is 5.02 Å². The summed E-state index contributed by atoms with van der Waals surface area (Å²) in [7, 11) is -3.59. The van der Waals surface area contributed by atoms with Crippen molar-refractivity contribution in [1.82, 2.24) is 4.31 Å². The highest BCUT2D eigenvalue weighted by atomic mass is 35.5. The van der Waals surface area contributed by atoms with Gasteiger partial charge in [0.05, 0.1) is 21.3 Å². The third-order valence-electron chi connectivity index (χ3n) is 6.54. The molecule has 0 aliphatic carbocycles. The first-order valence-corrected chi connectivity index (χ1v) is 14.4. The number of anilines is 2.